The third kappa shape index (κ3) is 2.71. The smallest absolute Gasteiger partial charge is 0.207 e. The van der Waals surface area contributed by atoms with Crippen LogP contribution in [0.1, 0.15) is 5.56 Å². The summed E-state index contributed by atoms with van der Waals surface area (Å²) in [5.74, 6) is -0.846. The number of benzene rings is 2. The molecule has 18 heavy (non-hydrogen) atoms. The van der Waals surface area contributed by atoms with Crippen molar-refractivity contribution in [2.24, 2.45) is 0 Å². The Morgan fingerprint density at radius 3 is 2.33 bits per heavy atom. The SMILES string of the molecule is Cc1cccc(-c2ccc(F)c(S(=O)(=O)Cl)c2)c1. The predicted octanol–water partition coefficient (Wildman–Crippen LogP) is 3.73. The monoisotopic (exact) mass is 284 g/mol. The lowest BCUT2D eigenvalue weighted by atomic mass is 10.0. The van der Waals surface area contributed by atoms with E-state index in [4.69, 9.17) is 10.7 Å². The predicted molar refractivity (Wildman–Crippen MR) is 69.6 cm³/mol. The van der Waals surface area contributed by atoms with Gasteiger partial charge in [0.2, 0.25) is 0 Å². The summed E-state index contributed by atoms with van der Waals surface area (Å²) in [5.41, 5.74) is 2.46. The molecule has 0 aliphatic carbocycles. The van der Waals surface area contributed by atoms with Crippen LogP contribution in [0.2, 0.25) is 0 Å². The molecule has 0 aliphatic rings. The molecule has 0 aliphatic heterocycles. The highest BCUT2D eigenvalue weighted by Crippen LogP contribution is 2.27. The van der Waals surface area contributed by atoms with Gasteiger partial charge in [-0.25, -0.2) is 12.8 Å². The minimum Gasteiger partial charge on any atom is -0.207 e. The molecule has 0 amide bonds. The second-order valence-electron chi connectivity index (χ2n) is 3.95. The Morgan fingerprint density at radius 2 is 1.72 bits per heavy atom. The number of hydrogen-bond acceptors (Lipinski definition) is 2. The van der Waals surface area contributed by atoms with E-state index in [1.165, 1.54) is 12.1 Å². The largest absolute Gasteiger partial charge is 0.264 e. The molecule has 0 saturated heterocycles. The zero-order valence-electron chi connectivity index (χ0n) is 9.52. The van der Waals surface area contributed by atoms with Crippen LogP contribution in [0, 0.1) is 12.7 Å². The van der Waals surface area contributed by atoms with Gasteiger partial charge in [0.25, 0.3) is 9.05 Å². The molecule has 94 valence electrons. The highest BCUT2D eigenvalue weighted by Gasteiger charge is 2.17. The van der Waals surface area contributed by atoms with E-state index in [0.29, 0.717) is 5.56 Å². The van der Waals surface area contributed by atoms with Gasteiger partial charge in [0, 0.05) is 10.7 Å². The summed E-state index contributed by atoms with van der Waals surface area (Å²) in [5, 5.41) is 0. The second kappa shape index (κ2) is 4.71. The molecule has 2 aromatic rings. The first-order chi connectivity index (χ1) is 8.38. The van der Waals surface area contributed by atoms with Crippen molar-refractivity contribution in [3.05, 3.63) is 53.8 Å². The molecular weight excluding hydrogens is 275 g/mol. The van der Waals surface area contributed by atoms with Crippen molar-refractivity contribution in [3.63, 3.8) is 0 Å². The van der Waals surface area contributed by atoms with Crippen LogP contribution in [0.25, 0.3) is 11.1 Å². The highest BCUT2D eigenvalue weighted by atomic mass is 35.7. The summed E-state index contributed by atoms with van der Waals surface area (Å²) in [6.45, 7) is 1.92. The van der Waals surface area contributed by atoms with Crippen molar-refractivity contribution in [1.82, 2.24) is 0 Å². The van der Waals surface area contributed by atoms with Crippen molar-refractivity contribution in [2.45, 2.75) is 11.8 Å². The molecule has 0 aromatic heterocycles. The van der Waals surface area contributed by atoms with Crippen molar-refractivity contribution in [2.75, 3.05) is 0 Å². The zero-order chi connectivity index (χ0) is 13.3. The maximum atomic E-state index is 13.4. The van der Waals surface area contributed by atoms with E-state index < -0.39 is 19.8 Å². The fourth-order valence-corrected chi connectivity index (χ4v) is 2.62. The number of halogens is 2. The van der Waals surface area contributed by atoms with Crippen LogP contribution in [-0.2, 0) is 9.05 Å². The van der Waals surface area contributed by atoms with Gasteiger partial charge in [-0.2, -0.15) is 0 Å². The Labute approximate surface area is 109 Å². The molecule has 2 rings (SSSR count). The van der Waals surface area contributed by atoms with Crippen LogP contribution in [0.4, 0.5) is 4.39 Å². The lowest BCUT2D eigenvalue weighted by Crippen LogP contribution is -1.96. The van der Waals surface area contributed by atoms with Gasteiger partial charge in [0.15, 0.2) is 0 Å². The van der Waals surface area contributed by atoms with E-state index in [-0.39, 0.29) is 0 Å². The van der Waals surface area contributed by atoms with Gasteiger partial charge in [-0.05, 0) is 30.2 Å². The van der Waals surface area contributed by atoms with Gasteiger partial charge in [-0.15, -0.1) is 0 Å². The Morgan fingerprint density at radius 1 is 1.06 bits per heavy atom. The maximum Gasteiger partial charge on any atom is 0.264 e. The van der Waals surface area contributed by atoms with Crippen LogP contribution in [-0.4, -0.2) is 8.42 Å². The number of hydrogen-bond donors (Lipinski definition) is 0. The standard InChI is InChI=1S/C13H10ClFO2S/c1-9-3-2-4-10(7-9)11-5-6-12(15)13(8-11)18(14,16)17/h2-8H,1H3. The topological polar surface area (TPSA) is 34.1 Å². The first kappa shape index (κ1) is 13.1. The van der Waals surface area contributed by atoms with Crippen LogP contribution in [0.5, 0.6) is 0 Å². The van der Waals surface area contributed by atoms with Crippen LogP contribution >= 0.6 is 10.7 Å². The molecule has 5 heteroatoms. The molecular formula is C13H10ClFO2S. The Bertz CT molecular complexity index is 696. The molecule has 0 heterocycles. The molecule has 0 unspecified atom stereocenters. The molecule has 0 atom stereocenters. The summed E-state index contributed by atoms with van der Waals surface area (Å²) >= 11 is 0. The number of aryl methyl sites for hydroxylation is 1. The lowest BCUT2D eigenvalue weighted by Gasteiger charge is -2.05. The van der Waals surface area contributed by atoms with Crippen LogP contribution in [0.15, 0.2) is 47.4 Å². The molecule has 0 radical (unpaired) electrons. The van der Waals surface area contributed by atoms with Gasteiger partial charge in [0.05, 0.1) is 0 Å². The van der Waals surface area contributed by atoms with Crippen molar-refractivity contribution >= 4 is 19.7 Å². The normalized spacial score (nSPS) is 11.5. The molecule has 0 saturated carbocycles. The van der Waals surface area contributed by atoms with Crippen molar-refractivity contribution in [1.29, 1.82) is 0 Å². The first-order valence-electron chi connectivity index (χ1n) is 5.19. The van der Waals surface area contributed by atoms with Crippen LogP contribution < -0.4 is 0 Å². The van der Waals surface area contributed by atoms with E-state index >= 15 is 0 Å². The summed E-state index contributed by atoms with van der Waals surface area (Å²) in [6.07, 6.45) is 0. The third-order valence-corrected chi connectivity index (χ3v) is 3.88. The zero-order valence-corrected chi connectivity index (χ0v) is 11.1. The second-order valence-corrected chi connectivity index (χ2v) is 6.49. The molecule has 0 fully saturated rings. The van der Waals surface area contributed by atoms with Gasteiger partial charge in [-0.1, -0.05) is 35.9 Å². The molecule has 0 spiro atoms. The minimum absolute atomic E-state index is 0.497. The summed E-state index contributed by atoms with van der Waals surface area (Å²) < 4.78 is 35.9. The van der Waals surface area contributed by atoms with Gasteiger partial charge < -0.3 is 0 Å². The Kier molecular flexibility index (Phi) is 3.41. The van der Waals surface area contributed by atoms with Gasteiger partial charge >= 0.3 is 0 Å². The summed E-state index contributed by atoms with van der Waals surface area (Å²) in [6, 6.07) is 11.4. The van der Waals surface area contributed by atoms with Gasteiger partial charge in [-0.3, -0.25) is 0 Å². The van der Waals surface area contributed by atoms with Gasteiger partial charge in [0.1, 0.15) is 10.7 Å². The van der Waals surface area contributed by atoms with E-state index in [1.807, 2.05) is 31.2 Å². The molecule has 0 bridgehead atoms. The average Bonchev–Trinajstić information content (AvgIpc) is 2.28. The van der Waals surface area contributed by atoms with E-state index in [0.717, 1.165) is 17.2 Å². The molecule has 2 nitrogen and oxygen atoms in total. The van der Waals surface area contributed by atoms with Crippen LogP contribution in [0.3, 0.4) is 0 Å². The third-order valence-electron chi connectivity index (χ3n) is 2.55. The Hall–Kier alpha value is -1.39. The summed E-state index contributed by atoms with van der Waals surface area (Å²) in [4.78, 5) is -0.497. The molecule has 0 N–H and O–H groups in total. The van der Waals surface area contributed by atoms with E-state index in [9.17, 15) is 12.8 Å². The molecule has 2 aromatic carbocycles. The lowest BCUT2D eigenvalue weighted by molar-refractivity contribution is 0.576. The van der Waals surface area contributed by atoms with E-state index in [1.54, 1.807) is 0 Å². The Balaban J connectivity index is 2.61. The number of rotatable bonds is 2. The van der Waals surface area contributed by atoms with Crippen molar-refractivity contribution in [3.8, 4) is 11.1 Å². The summed E-state index contributed by atoms with van der Waals surface area (Å²) in [7, 11) is 1.11. The highest BCUT2D eigenvalue weighted by molar-refractivity contribution is 8.13. The van der Waals surface area contributed by atoms with Crippen molar-refractivity contribution < 1.29 is 12.8 Å². The first-order valence-corrected chi connectivity index (χ1v) is 7.50. The fraction of sp³-hybridized carbons (Fsp3) is 0.0769. The van der Waals surface area contributed by atoms with E-state index in [2.05, 4.69) is 0 Å². The average molecular weight is 285 g/mol. The minimum atomic E-state index is -4.08. The fourth-order valence-electron chi connectivity index (χ4n) is 1.69. The maximum absolute atomic E-state index is 13.4. The quantitative estimate of drug-likeness (QED) is 0.788.